The van der Waals surface area contributed by atoms with Gasteiger partial charge in [0.1, 0.15) is 60.1 Å². The van der Waals surface area contributed by atoms with Gasteiger partial charge in [-0.1, -0.05) is 58.0 Å². The second-order valence-electron chi connectivity index (χ2n) is 24.1. The normalized spacial score (nSPS) is 25.4. The second kappa shape index (κ2) is 31.7. The van der Waals surface area contributed by atoms with E-state index in [9.17, 15) is 58.2 Å². The Kier molecular flexibility index (Phi) is 24.0. The number of hydrogen-bond acceptors (Lipinski definition) is 14. The molecular formula is C61H86N16O12. The number of aromatic hydroxyl groups is 1. The molecule has 3 fully saturated rings. The zero-order valence-electron chi connectivity index (χ0n) is 51.0. The third-order valence-electron chi connectivity index (χ3n) is 16.0. The fourth-order valence-corrected chi connectivity index (χ4v) is 11.5. The molecule has 3 aliphatic heterocycles. The van der Waals surface area contributed by atoms with E-state index in [1.165, 1.54) is 46.6 Å². The van der Waals surface area contributed by atoms with E-state index in [4.69, 9.17) is 11.5 Å². The lowest BCUT2D eigenvalue weighted by atomic mass is 9.98. The van der Waals surface area contributed by atoms with Crippen LogP contribution in [0.25, 0.3) is 10.9 Å². The van der Waals surface area contributed by atoms with E-state index in [0.29, 0.717) is 40.6 Å². The molecule has 10 atom stereocenters. The highest BCUT2D eigenvalue weighted by Crippen LogP contribution is 2.24. The van der Waals surface area contributed by atoms with Crippen molar-refractivity contribution in [3.8, 4) is 5.75 Å². The minimum atomic E-state index is -1.75. The van der Waals surface area contributed by atoms with Gasteiger partial charge in [0.15, 0.2) is 5.96 Å². The molecule has 0 saturated carbocycles. The lowest BCUT2D eigenvalue weighted by Gasteiger charge is -2.31. The summed E-state index contributed by atoms with van der Waals surface area (Å²) in [5.41, 5.74) is 13.4. The van der Waals surface area contributed by atoms with Crippen LogP contribution in [0.5, 0.6) is 5.75 Å². The molecule has 482 valence electrons. The topological polar surface area (TPSA) is 423 Å². The molecule has 89 heavy (non-hydrogen) atoms. The van der Waals surface area contributed by atoms with Crippen LogP contribution in [0, 0.1) is 11.8 Å². The smallest absolute Gasteiger partial charge is 0.245 e. The molecule has 16 N–H and O–H groups in total. The van der Waals surface area contributed by atoms with Gasteiger partial charge < -0.3 is 84.0 Å². The first-order chi connectivity index (χ1) is 42.5. The SMILES string of the molecule is CC(C)C[C@@H]1NC(=O)[C@@H](CC(C)C)NC(=O)[C@H](Cc2ccc(O)cc2)NC(=O)[C@H](CO)NC(=O)[C@H](Cc2c[nH]c3ccccc23)NC(=O)[C@H](Cc2cnc[nH]2)NC(=O)[C@@H]2CCCN2C(=O)C[C@H](C)NC(=O)[C@@H]2CCCN2C(=O)[C@H](CCCN=C(N)N)NC1=O. The van der Waals surface area contributed by atoms with Crippen LogP contribution in [0.2, 0.25) is 0 Å². The van der Waals surface area contributed by atoms with Gasteiger partial charge in [-0.3, -0.25) is 52.9 Å². The molecule has 28 nitrogen and oxygen atoms in total. The van der Waals surface area contributed by atoms with Gasteiger partial charge in [0.25, 0.3) is 0 Å². The van der Waals surface area contributed by atoms with E-state index in [0.717, 1.165) is 0 Å². The van der Waals surface area contributed by atoms with Gasteiger partial charge >= 0.3 is 0 Å². The maximum atomic E-state index is 14.8. The van der Waals surface area contributed by atoms with Crippen molar-refractivity contribution in [2.75, 3.05) is 26.2 Å². The quantitative estimate of drug-likeness (QED) is 0.0388. The van der Waals surface area contributed by atoms with Crippen molar-refractivity contribution in [3.05, 3.63) is 84.1 Å². The Balaban J connectivity index is 1.26. The maximum Gasteiger partial charge on any atom is 0.245 e. The number of rotatable bonds is 15. The van der Waals surface area contributed by atoms with Crippen LogP contribution < -0.4 is 54.0 Å². The number of para-hydroxylation sites is 1. The zero-order chi connectivity index (χ0) is 64.5. The number of H-pyrrole nitrogens is 2. The zero-order valence-corrected chi connectivity index (χ0v) is 51.0. The van der Waals surface area contributed by atoms with Crippen molar-refractivity contribution in [2.45, 2.75) is 172 Å². The van der Waals surface area contributed by atoms with Gasteiger partial charge in [-0.05, 0) is 99.5 Å². The van der Waals surface area contributed by atoms with E-state index in [2.05, 4.69) is 62.5 Å². The highest BCUT2D eigenvalue weighted by atomic mass is 16.3. The monoisotopic (exact) mass is 1230 g/mol. The number of benzene rings is 2. The van der Waals surface area contributed by atoms with Crippen LogP contribution in [0.4, 0.5) is 0 Å². The van der Waals surface area contributed by atoms with Crippen molar-refractivity contribution in [2.24, 2.45) is 28.3 Å². The van der Waals surface area contributed by atoms with Crippen LogP contribution in [0.1, 0.15) is 109 Å². The third kappa shape index (κ3) is 19.0. The summed E-state index contributed by atoms with van der Waals surface area (Å²) in [6, 6.07) is 0.192. The van der Waals surface area contributed by atoms with Crippen molar-refractivity contribution in [3.63, 3.8) is 0 Å². The van der Waals surface area contributed by atoms with E-state index >= 15 is 0 Å². The number of aliphatic hydroxyl groups excluding tert-OH is 1. The van der Waals surface area contributed by atoms with E-state index in [1.807, 2.05) is 45.9 Å². The number of nitrogens with one attached hydrogen (secondary N) is 10. The molecule has 3 aliphatic rings. The number of imidazole rings is 1. The summed E-state index contributed by atoms with van der Waals surface area (Å²) in [5.74, 6) is -8.16. The first kappa shape index (κ1) is 67.4. The lowest BCUT2D eigenvalue weighted by molar-refractivity contribution is -0.142. The van der Waals surface area contributed by atoms with Crippen molar-refractivity contribution < 1.29 is 58.2 Å². The summed E-state index contributed by atoms with van der Waals surface area (Å²) in [6.45, 7) is 8.33. The second-order valence-corrected chi connectivity index (χ2v) is 24.1. The first-order valence-electron chi connectivity index (χ1n) is 30.5. The Morgan fingerprint density at radius 2 is 1.13 bits per heavy atom. The predicted octanol–water partition coefficient (Wildman–Crippen LogP) is -0.953. The number of aliphatic hydroxyl groups is 1. The Bertz CT molecular complexity index is 3160. The summed E-state index contributed by atoms with van der Waals surface area (Å²) in [6.07, 6.45) is 5.42. The standard InChI is InChI=1S/C61H86N16O12/c1-33(2)23-43-52(81)69-42(13-8-20-65-61(62)63)60(89)77-22-10-15-50(77)58(87)68-35(5)25-51(80)76-21-9-14-49(76)59(88)74-47(28-38-30-64-32-67-38)56(85)73-46(27-37-29-66-41-12-7-6-11-40(37)41)55(84)75-48(31-78)57(86)72-45(26-36-16-18-39(79)19-17-36)54(83)71-44(24-34(3)4)53(82)70-43/h6-7,11-12,16-19,29-30,32-35,42-50,66,78-79H,8-10,13-15,20-28,31H2,1-5H3,(H,64,67)(H,68,87)(H,69,81)(H,70,82)(H,71,83)(H,72,86)(H,73,85)(H,74,88)(H,75,84)(H4,62,63,65)/t35-,42-,43-,44+,45-,46-,47-,48-,49-,50-/m0/s1. The summed E-state index contributed by atoms with van der Waals surface area (Å²) in [4.78, 5) is 162. The molecular weight excluding hydrogens is 1150 g/mol. The number of phenolic OH excluding ortho intramolecular Hbond substituents is 1. The number of aromatic nitrogens is 3. The average Bonchev–Trinajstić information content (AvgIpc) is 2.29. The van der Waals surface area contributed by atoms with Crippen molar-refractivity contribution in [1.29, 1.82) is 0 Å². The molecule has 7 rings (SSSR count). The fourth-order valence-electron chi connectivity index (χ4n) is 11.5. The fraction of sp³-hybridized carbons (Fsp3) is 0.541. The third-order valence-corrected chi connectivity index (χ3v) is 16.0. The molecule has 0 aliphatic carbocycles. The summed E-state index contributed by atoms with van der Waals surface area (Å²) in [5, 5.41) is 43.7. The molecule has 10 amide bonds. The van der Waals surface area contributed by atoms with Gasteiger partial charge in [0, 0.05) is 80.3 Å². The number of carbonyl (C=O) groups excluding carboxylic acids is 10. The average molecular weight is 1240 g/mol. The van der Waals surface area contributed by atoms with Crippen LogP contribution in [-0.4, -0.2) is 187 Å². The van der Waals surface area contributed by atoms with E-state index in [-0.39, 0.29) is 107 Å². The molecule has 0 unspecified atom stereocenters. The molecule has 2 aromatic heterocycles. The minimum Gasteiger partial charge on any atom is -0.508 e. The summed E-state index contributed by atoms with van der Waals surface area (Å²) < 4.78 is 0. The number of phenols is 1. The summed E-state index contributed by atoms with van der Waals surface area (Å²) in [7, 11) is 0. The molecule has 0 bridgehead atoms. The first-order valence-corrected chi connectivity index (χ1v) is 30.5. The molecule has 0 radical (unpaired) electrons. The largest absolute Gasteiger partial charge is 0.508 e. The van der Waals surface area contributed by atoms with Crippen molar-refractivity contribution in [1.82, 2.24) is 67.3 Å². The maximum absolute atomic E-state index is 14.8. The number of guanidine groups is 1. The van der Waals surface area contributed by atoms with Gasteiger partial charge in [-0.2, -0.15) is 0 Å². The number of nitrogens with two attached hydrogens (primary N) is 2. The molecule has 3 saturated heterocycles. The lowest BCUT2D eigenvalue weighted by Crippen LogP contribution is -2.61. The van der Waals surface area contributed by atoms with Gasteiger partial charge in [-0.15, -0.1) is 0 Å². The van der Waals surface area contributed by atoms with Crippen LogP contribution in [0.3, 0.4) is 0 Å². The van der Waals surface area contributed by atoms with Gasteiger partial charge in [0.05, 0.1) is 12.9 Å². The molecule has 28 heteroatoms. The van der Waals surface area contributed by atoms with Crippen LogP contribution >= 0.6 is 0 Å². The number of nitrogens with zero attached hydrogens (tertiary/aromatic N) is 4. The molecule has 2 aromatic carbocycles. The number of hydrogen-bond donors (Lipinski definition) is 14. The Hall–Kier alpha value is -9.08. The highest BCUT2D eigenvalue weighted by molar-refractivity contribution is 5.99. The number of fused-ring (bicyclic) bond motifs is 3. The molecule has 4 aromatic rings. The Morgan fingerprint density at radius 3 is 1.73 bits per heavy atom. The molecule has 5 heterocycles. The van der Waals surface area contributed by atoms with Crippen LogP contribution in [0.15, 0.2) is 72.2 Å². The Morgan fingerprint density at radius 1 is 0.618 bits per heavy atom. The van der Waals surface area contributed by atoms with Gasteiger partial charge in [-0.25, -0.2) is 4.98 Å². The van der Waals surface area contributed by atoms with Crippen LogP contribution in [-0.2, 0) is 67.2 Å². The van der Waals surface area contributed by atoms with E-state index < -0.39 is 126 Å². The van der Waals surface area contributed by atoms with Gasteiger partial charge in [0.2, 0.25) is 59.1 Å². The minimum absolute atomic E-state index is 0.0190. The van der Waals surface area contributed by atoms with Crippen molar-refractivity contribution >= 4 is 75.9 Å². The Labute approximate surface area is 516 Å². The number of aliphatic imine (C=N–C) groups is 1. The van der Waals surface area contributed by atoms with E-state index in [1.54, 1.807) is 19.2 Å². The number of amides is 10. The summed E-state index contributed by atoms with van der Waals surface area (Å²) >= 11 is 0. The molecule has 0 spiro atoms. The predicted molar refractivity (Wildman–Crippen MR) is 327 cm³/mol. The highest BCUT2D eigenvalue weighted by Gasteiger charge is 2.42. The number of carbonyl (C=O) groups is 10. The number of aromatic amines is 2.